The standard InChI is InChI=1S/C28H34N4/c1-17(2)23-13-19(5)9-11-25(23)30-21(7)27-15-29-16-28(32-27)22(8)31-26-12-10-20(6)14-24(26)18(3)4/h9-18H,1-8H3. The van der Waals surface area contributed by atoms with Crippen LogP contribution < -0.4 is 0 Å². The van der Waals surface area contributed by atoms with E-state index < -0.39 is 0 Å². The summed E-state index contributed by atoms with van der Waals surface area (Å²) in [5.74, 6) is 0.802. The quantitative estimate of drug-likeness (QED) is 0.381. The SMILES string of the molecule is CC(=Nc1ccc(C)cc1C(C)C)c1cncc(C(C)=Nc2ccc(C)cc2C(C)C)n1. The molecule has 1 heterocycles. The van der Waals surface area contributed by atoms with Crippen LogP contribution in [0.15, 0.2) is 58.8 Å². The van der Waals surface area contributed by atoms with Crippen molar-refractivity contribution in [3.63, 3.8) is 0 Å². The number of hydrogen-bond acceptors (Lipinski definition) is 4. The van der Waals surface area contributed by atoms with Crippen molar-refractivity contribution in [3.8, 4) is 0 Å². The van der Waals surface area contributed by atoms with Gasteiger partial charge in [-0.15, -0.1) is 0 Å². The zero-order valence-electron chi connectivity index (χ0n) is 20.6. The van der Waals surface area contributed by atoms with E-state index >= 15 is 0 Å². The van der Waals surface area contributed by atoms with E-state index in [2.05, 4.69) is 82.9 Å². The van der Waals surface area contributed by atoms with Gasteiger partial charge in [-0.05, 0) is 62.8 Å². The number of aliphatic imine (C=N–C) groups is 2. The van der Waals surface area contributed by atoms with Crippen LogP contribution >= 0.6 is 0 Å². The van der Waals surface area contributed by atoms with Gasteiger partial charge in [0.15, 0.2) is 0 Å². The molecule has 0 atom stereocenters. The molecule has 0 radical (unpaired) electrons. The van der Waals surface area contributed by atoms with Gasteiger partial charge in [-0.2, -0.15) is 0 Å². The van der Waals surface area contributed by atoms with Crippen molar-refractivity contribution < 1.29 is 0 Å². The van der Waals surface area contributed by atoms with Crippen LogP contribution in [0.2, 0.25) is 0 Å². The van der Waals surface area contributed by atoms with Crippen molar-refractivity contribution in [2.24, 2.45) is 9.98 Å². The average molecular weight is 427 g/mol. The Hall–Kier alpha value is -3.14. The van der Waals surface area contributed by atoms with E-state index in [0.29, 0.717) is 11.8 Å². The zero-order chi connectivity index (χ0) is 23.4. The van der Waals surface area contributed by atoms with Gasteiger partial charge >= 0.3 is 0 Å². The summed E-state index contributed by atoms with van der Waals surface area (Å²) < 4.78 is 0. The van der Waals surface area contributed by atoms with Crippen molar-refractivity contribution in [1.82, 2.24) is 9.97 Å². The Morgan fingerprint density at radius 3 is 1.47 bits per heavy atom. The third-order valence-electron chi connectivity index (χ3n) is 5.56. The molecule has 0 bridgehead atoms. The number of benzene rings is 2. The van der Waals surface area contributed by atoms with Gasteiger partial charge in [0.25, 0.3) is 0 Å². The monoisotopic (exact) mass is 426 g/mol. The first-order valence-corrected chi connectivity index (χ1v) is 11.3. The molecule has 0 aliphatic carbocycles. The number of hydrogen-bond donors (Lipinski definition) is 0. The summed E-state index contributed by atoms with van der Waals surface area (Å²) in [6.45, 7) is 17.0. The van der Waals surface area contributed by atoms with Gasteiger partial charge in [0.2, 0.25) is 0 Å². The maximum atomic E-state index is 4.90. The molecule has 0 spiro atoms. The van der Waals surface area contributed by atoms with Crippen LogP contribution in [0.1, 0.15) is 87.0 Å². The number of rotatable bonds is 6. The maximum Gasteiger partial charge on any atom is 0.103 e. The predicted molar refractivity (Wildman–Crippen MR) is 136 cm³/mol. The molecule has 32 heavy (non-hydrogen) atoms. The highest BCUT2D eigenvalue weighted by molar-refractivity contribution is 6.02. The summed E-state index contributed by atoms with van der Waals surface area (Å²) in [6, 6.07) is 12.8. The van der Waals surface area contributed by atoms with Gasteiger partial charge in [-0.25, -0.2) is 4.98 Å². The molecule has 0 aliphatic rings. The average Bonchev–Trinajstić information content (AvgIpc) is 2.75. The van der Waals surface area contributed by atoms with Crippen LogP contribution in [0.4, 0.5) is 11.4 Å². The van der Waals surface area contributed by atoms with Crippen molar-refractivity contribution in [2.75, 3.05) is 0 Å². The Kier molecular flexibility index (Phi) is 7.34. The fourth-order valence-corrected chi connectivity index (χ4v) is 3.67. The first-order valence-electron chi connectivity index (χ1n) is 11.3. The minimum Gasteiger partial charge on any atom is -0.260 e. The molecule has 1 aromatic heterocycles. The molecule has 0 N–H and O–H groups in total. The third-order valence-corrected chi connectivity index (χ3v) is 5.56. The summed E-state index contributed by atoms with van der Waals surface area (Å²) in [5, 5.41) is 0. The highest BCUT2D eigenvalue weighted by Crippen LogP contribution is 2.29. The van der Waals surface area contributed by atoms with E-state index in [1.807, 2.05) is 13.8 Å². The number of nitrogens with zero attached hydrogens (tertiary/aromatic N) is 4. The van der Waals surface area contributed by atoms with E-state index in [1.165, 1.54) is 22.3 Å². The van der Waals surface area contributed by atoms with Gasteiger partial charge in [-0.3, -0.25) is 15.0 Å². The van der Waals surface area contributed by atoms with Crippen LogP contribution in [-0.4, -0.2) is 21.4 Å². The fraction of sp³-hybridized carbons (Fsp3) is 0.357. The van der Waals surface area contributed by atoms with Crippen LogP contribution in [-0.2, 0) is 0 Å². The summed E-state index contributed by atoms with van der Waals surface area (Å²) in [5.41, 5.74) is 10.2. The molecule has 0 aliphatic heterocycles. The second-order valence-corrected chi connectivity index (χ2v) is 9.12. The normalized spacial score (nSPS) is 12.7. The topological polar surface area (TPSA) is 50.5 Å². The Bertz CT molecular complexity index is 1080. The van der Waals surface area contributed by atoms with Crippen LogP contribution in [0.25, 0.3) is 0 Å². The molecule has 4 nitrogen and oxygen atoms in total. The first kappa shape index (κ1) is 23.5. The summed E-state index contributed by atoms with van der Waals surface area (Å²) in [7, 11) is 0. The van der Waals surface area contributed by atoms with Crippen LogP contribution in [0.5, 0.6) is 0 Å². The van der Waals surface area contributed by atoms with Gasteiger partial charge in [0.05, 0.1) is 35.2 Å². The molecule has 0 fully saturated rings. The second kappa shape index (κ2) is 9.99. The molecule has 0 unspecified atom stereocenters. The zero-order valence-corrected chi connectivity index (χ0v) is 20.6. The lowest BCUT2D eigenvalue weighted by Crippen LogP contribution is -2.07. The number of aryl methyl sites for hydroxylation is 2. The van der Waals surface area contributed by atoms with E-state index in [-0.39, 0.29) is 0 Å². The smallest absolute Gasteiger partial charge is 0.103 e. The van der Waals surface area contributed by atoms with Gasteiger partial charge in [0.1, 0.15) is 11.4 Å². The molecule has 2 aromatic carbocycles. The molecule has 3 aromatic rings. The van der Waals surface area contributed by atoms with Crippen LogP contribution in [0, 0.1) is 13.8 Å². The molecule has 4 heteroatoms. The third kappa shape index (κ3) is 5.56. The minimum absolute atomic E-state index is 0.401. The highest BCUT2D eigenvalue weighted by Gasteiger charge is 2.11. The Morgan fingerprint density at radius 1 is 0.688 bits per heavy atom. The molecule has 3 rings (SSSR count). The van der Waals surface area contributed by atoms with Crippen LogP contribution in [0.3, 0.4) is 0 Å². The summed E-state index contributed by atoms with van der Waals surface area (Å²) >= 11 is 0. The maximum absolute atomic E-state index is 4.90. The fourth-order valence-electron chi connectivity index (χ4n) is 3.67. The molecular formula is C28H34N4. The molecular weight excluding hydrogens is 392 g/mol. The minimum atomic E-state index is 0.401. The largest absolute Gasteiger partial charge is 0.260 e. The molecule has 166 valence electrons. The summed E-state index contributed by atoms with van der Waals surface area (Å²) in [6.07, 6.45) is 3.54. The van der Waals surface area contributed by atoms with Gasteiger partial charge in [-0.1, -0.05) is 63.1 Å². The van der Waals surface area contributed by atoms with Crippen molar-refractivity contribution in [3.05, 3.63) is 82.4 Å². The molecule has 0 saturated heterocycles. The Balaban J connectivity index is 1.97. The Labute approximate surface area is 192 Å². The molecule has 0 amide bonds. The van der Waals surface area contributed by atoms with Crippen molar-refractivity contribution in [1.29, 1.82) is 0 Å². The van der Waals surface area contributed by atoms with Crippen molar-refractivity contribution in [2.45, 2.75) is 67.2 Å². The van der Waals surface area contributed by atoms with E-state index in [1.54, 1.807) is 12.4 Å². The number of aromatic nitrogens is 2. The summed E-state index contributed by atoms with van der Waals surface area (Å²) in [4.78, 5) is 19.0. The van der Waals surface area contributed by atoms with E-state index in [0.717, 1.165) is 34.2 Å². The first-order chi connectivity index (χ1) is 15.2. The van der Waals surface area contributed by atoms with Gasteiger partial charge in [0, 0.05) is 0 Å². The van der Waals surface area contributed by atoms with Crippen molar-refractivity contribution >= 4 is 22.8 Å². The Morgan fingerprint density at radius 2 is 1.09 bits per heavy atom. The van der Waals surface area contributed by atoms with E-state index in [9.17, 15) is 0 Å². The highest BCUT2D eigenvalue weighted by atomic mass is 14.9. The van der Waals surface area contributed by atoms with Gasteiger partial charge < -0.3 is 0 Å². The second-order valence-electron chi connectivity index (χ2n) is 9.12. The van der Waals surface area contributed by atoms with E-state index in [4.69, 9.17) is 15.0 Å². The lowest BCUT2D eigenvalue weighted by Gasteiger charge is -2.12. The lowest BCUT2D eigenvalue weighted by atomic mass is 9.99. The predicted octanol–water partition coefficient (Wildman–Crippen LogP) is 7.62. The molecule has 0 saturated carbocycles. The lowest BCUT2D eigenvalue weighted by molar-refractivity contribution is 0.865.